The van der Waals surface area contributed by atoms with Gasteiger partial charge in [0, 0.05) is 44.8 Å². The zero-order valence-corrected chi connectivity index (χ0v) is 18.1. The average molecular weight is 413 g/mol. The zero-order valence-electron chi connectivity index (χ0n) is 18.1. The van der Waals surface area contributed by atoms with Crippen LogP contribution in [0.25, 0.3) is 0 Å². The number of Topliss-reactive ketones (excluding diaryl/α,β-unsaturated/α-hetero) is 1. The third-order valence-corrected chi connectivity index (χ3v) is 5.41. The summed E-state index contributed by atoms with van der Waals surface area (Å²) in [7, 11) is 1.57. The molecule has 1 aliphatic rings. The molecule has 6 nitrogen and oxygen atoms in total. The summed E-state index contributed by atoms with van der Waals surface area (Å²) >= 11 is 0. The van der Waals surface area contributed by atoms with E-state index in [1.807, 2.05) is 12.1 Å². The van der Waals surface area contributed by atoms with Crippen LogP contribution in [0.1, 0.15) is 18.1 Å². The van der Waals surface area contributed by atoms with Crippen molar-refractivity contribution in [2.45, 2.75) is 26.4 Å². The predicted molar refractivity (Wildman–Crippen MR) is 119 cm³/mol. The number of benzene rings is 2. The number of carbonyl (C=O) groups is 1. The zero-order chi connectivity index (χ0) is 21.5. The Hall–Kier alpha value is -2.57. The molecule has 1 unspecified atom stereocenters. The van der Waals surface area contributed by atoms with Crippen LogP contribution in [-0.4, -0.2) is 68.3 Å². The third kappa shape index (κ3) is 5.97. The van der Waals surface area contributed by atoms with Crippen LogP contribution < -0.4 is 14.4 Å². The molecule has 2 aromatic carbocycles. The Morgan fingerprint density at radius 1 is 1.10 bits per heavy atom. The number of methoxy groups -OCH3 is 1. The van der Waals surface area contributed by atoms with E-state index in [1.165, 1.54) is 11.3 Å². The second-order valence-electron chi connectivity index (χ2n) is 7.90. The number of nitrogens with zero attached hydrogens (tertiary/aromatic N) is 2. The molecular formula is C24H32N2O4. The van der Waals surface area contributed by atoms with Gasteiger partial charge in [-0.1, -0.05) is 24.3 Å². The topological polar surface area (TPSA) is 62.2 Å². The summed E-state index contributed by atoms with van der Waals surface area (Å²) in [5.41, 5.74) is 3.47. The maximum Gasteiger partial charge on any atom is 0.161 e. The minimum atomic E-state index is -0.586. The first-order valence-electron chi connectivity index (χ1n) is 10.5. The number of anilines is 1. The second kappa shape index (κ2) is 10.5. The van der Waals surface area contributed by atoms with Crippen molar-refractivity contribution < 1.29 is 19.4 Å². The van der Waals surface area contributed by atoms with Gasteiger partial charge in [0.05, 0.1) is 7.11 Å². The average Bonchev–Trinajstić information content (AvgIpc) is 2.73. The normalized spacial score (nSPS) is 15.7. The molecule has 3 rings (SSSR count). The van der Waals surface area contributed by atoms with E-state index in [-0.39, 0.29) is 12.4 Å². The first-order chi connectivity index (χ1) is 14.5. The standard InChI is InChI=1S/C24H32N2O4/c1-18-6-4-5-7-22(18)26-12-10-25(11-13-26)16-21(28)17-30-23-9-8-20(14-19(2)27)15-24(23)29-3/h4-9,15,21,28H,10-14,16-17H2,1-3H3. The summed E-state index contributed by atoms with van der Waals surface area (Å²) < 4.78 is 11.2. The van der Waals surface area contributed by atoms with E-state index in [4.69, 9.17) is 9.47 Å². The van der Waals surface area contributed by atoms with E-state index in [0.29, 0.717) is 24.5 Å². The highest BCUT2D eigenvalue weighted by molar-refractivity contribution is 5.78. The molecule has 1 aliphatic heterocycles. The molecule has 0 spiro atoms. The maximum absolute atomic E-state index is 11.3. The van der Waals surface area contributed by atoms with E-state index in [9.17, 15) is 9.90 Å². The van der Waals surface area contributed by atoms with Crippen LogP contribution in [0.4, 0.5) is 5.69 Å². The lowest BCUT2D eigenvalue weighted by Crippen LogP contribution is -2.49. The fourth-order valence-corrected chi connectivity index (χ4v) is 3.85. The minimum absolute atomic E-state index is 0.101. The molecule has 30 heavy (non-hydrogen) atoms. The number of aliphatic hydroxyl groups excluding tert-OH is 1. The van der Waals surface area contributed by atoms with Gasteiger partial charge in [0.15, 0.2) is 11.5 Å². The fraction of sp³-hybridized carbons (Fsp3) is 0.458. The molecule has 1 N–H and O–H groups in total. The summed E-state index contributed by atoms with van der Waals surface area (Å²) in [5.74, 6) is 1.25. The van der Waals surface area contributed by atoms with Gasteiger partial charge < -0.3 is 19.5 Å². The van der Waals surface area contributed by atoms with Gasteiger partial charge in [0.25, 0.3) is 0 Å². The Labute approximate surface area is 179 Å². The van der Waals surface area contributed by atoms with Crippen molar-refractivity contribution >= 4 is 11.5 Å². The van der Waals surface area contributed by atoms with Crippen LogP contribution in [0.15, 0.2) is 42.5 Å². The van der Waals surface area contributed by atoms with Crippen LogP contribution >= 0.6 is 0 Å². The molecular weight excluding hydrogens is 380 g/mol. The molecule has 2 aromatic rings. The van der Waals surface area contributed by atoms with E-state index in [2.05, 4.69) is 41.0 Å². The number of para-hydroxylation sites is 1. The largest absolute Gasteiger partial charge is 0.493 e. The van der Waals surface area contributed by atoms with E-state index >= 15 is 0 Å². The molecule has 6 heteroatoms. The first-order valence-corrected chi connectivity index (χ1v) is 10.5. The summed E-state index contributed by atoms with van der Waals surface area (Å²) in [6.45, 7) is 8.20. The van der Waals surface area contributed by atoms with Crippen LogP contribution in [0.2, 0.25) is 0 Å². The van der Waals surface area contributed by atoms with Gasteiger partial charge in [-0.2, -0.15) is 0 Å². The quantitative estimate of drug-likeness (QED) is 0.683. The van der Waals surface area contributed by atoms with Gasteiger partial charge in [0.2, 0.25) is 0 Å². The monoisotopic (exact) mass is 412 g/mol. The smallest absolute Gasteiger partial charge is 0.161 e. The molecule has 0 saturated carbocycles. The first kappa shape index (κ1) is 22.1. The minimum Gasteiger partial charge on any atom is -0.493 e. The van der Waals surface area contributed by atoms with Gasteiger partial charge in [-0.25, -0.2) is 0 Å². The Morgan fingerprint density at radius 2 is 1.83 bits per heavy atom. The molecule has 1 atom stereocenters. The van der Waals surface area contributed by atoms with Gasteiger partial charge in [-0.3, -0.25) is 9.69 Å². The lowest BCUT2D eigenvalue weighted by atomic mass is 10.1. The molecule has 0 aromatic heterocycles. The van der Waals surface area contributed by atoms with E-state index in [0.717, 1.165) is 31.7 Å². The molecule has 0 aliphatic carbocycles. The Morgan fingerprint density at radius 3 is 2.50 bits per heavy atom. The molecule has 1 fully saturated rings. The van der Waals surface area contributed by atoms with Crippen molar-refractivity contribution in [2.75, 3.05) is 51.3 Å². The number of aryl methyl sites for hydroxylation is 1. The number of hydrogen-bond donors (Lipinski definition) is 1. The molecule has 0 amide bonds. The SMILES string of the molecule is COc1cc(CC(C)=O)ccc1OCC(O)CN1CCN(c2ccccc2C)CC1. The lowest BCUT2D eigenvalue weighted by Gasteiger charge is -2.37. The van der Waals surface area contributed by atoms with Crippen molar-refractivity contribution in [3.8, 4) is 11.5 Å². The number of rotatable bonds is 9. The number of ether oxygens (including phenoxy) is 2. The Balaban J connectivity index is 1.47. The summed E-state index contributed by atoms with van der Waals surface area (Å²) in [4.78, 5) is 16.0. The van der Waals surface area contributed by atoms with Gasteiger partial charge >= 0.3 is 0 Å². The van der Waals surface area contributed by atoms with Crippen LogP contribution in [0.3, 0.4) is 0 Å². The molecule has 1 saturated heterocycles. The van der Waals surface area contributed by atoms with Crippen molar-refractivity contribution in [1.82, 2.24) is 4.90 Å². The second-order valence-corrected chi connectivity index (χ2v) is 7.90. The maximum atomic E-state index is 11.3. The number of aliphatic hydroxyl groups is 1. The van der Waals surface area contributed by atoms with Crippen molar-refractivity contribution in [2.24, 2.45) is 0 Å². The Bertz CT molecular complexity index is 847. The molecule has 162 valence electrons. The lowest BCUT2D eigenvalue weighted by molar-refractivity contribution is -0.116. The van der Waals surface area contributed by atoms with Crippen molar-refractivity contribution in [3.63, 3.8) is 0 Å². The number of carbonyl (C=O) groups excluding carboxylic acids is 1. The summed E-state index contributed by atoms with van der Waals surface area (Å²) in [5, 5.41) is 10.5. The van der Waals surface area contributed by atoms with Crippen LogP contribution in [-0.2, 0) is 11.2 Å². The van der Waals surface area contributed by atoms with Gasteiger partial charge in [-0.15, -0.1) is 0 Å². The highest BCUT2D eigenvalue weighted by atomic mass is 16.5. The predicted octanol–water partition coefficient (Wildman–Crippen LogP) is 2.70. The van der Waals surface area contributed by atoms with Gasteiger partial charge in [-0.05, 0) is 43.2 Å². The summed E-state index contributed by atoms with van der Waals surface area (Å²) in [6, 6.07) is 13.9. The highest BCUT2D eigenvalue weighted by Crippen LogP contribution is 2.28. The molecule has 0 bridgehead atoms. The highest BCUT2D eigenvalue weighted by Gasteiger charge is 2.21. The number of ketones is 1. The van der Waals surface area contributed by atoms with E-state index < -0.39 is 6.10 Å². The number of hydrogen-bond acceptors (Lipinski definition) is 6. The Kier molecular flexibility index (Phi) is 7.71. The number of β-amino-alcohol motifs (C(OH)–C–C–N with tert-alkyl or cyclic N) is 1. The summed E-state index contributed by atoms with van der Waals surface area (Å²) in [6.07, 6.45) is -0.218. The van der Waals surface area contributed by atoms with Crippen molar-refractivity contribution in [3.05, 3.63) is 53.6 Å². The number of piperazine rings is 1. The van der Waals surface area contributed by atoms with Gasteiger partial charge in [0.1, 0.15) is 18.5 Å². The third-order valence-electron chi connectivity index (χ3n) is 5.41. The van der Waals surface area contributed by atoms with Crippen LogP contribution in [0.5, 0.6) is 11.5 Å². The molecule has 0 radical (unpaired) electrons. The van der Waals surface area contributed by atoms with Crippen LogP contribution in [0, 0.1) is 6.92 Å². The fourth-order valence-electron chi connectivity index (χ4n) is 3.85. The molecule has 1 heterocycles. The van der Waals surface area contributed by atoms with E-state index in [1.54, 1.807) is 20.1 Å². The van der Waals surface area contributed by atoms with Crippen molar-refractivity contribution in [1.29, 1.82) is 0 Å².